The van der Waals surface area contributed by atoms with E-state index in [1.54, 1.807) is 16.9 Å². The molecule has 5 aromatic rings. The Morgan fingerprint density at radius 2 is 1.50 bits per heavy atom. The van der Waals surface area contributed by atoms with Gasteiger partial charge in [-0.3, -0.25) is 4.79 Å². The van der Waals surface area contributed by atoms with Crippen molar-refractivity contribution < 1.29 is 4.79 Å². The van der Waals surface area contributed by atoms with Gasteiger partial charge in [-0.1, -0.05) is 84.9 Å². The zero-order valence-electron chi connectivity index (χ0n) is 19.1. The summed E-state index contributed by atoms with van der Waals surface area (Å²) in [6, 6.07) is 30.9. The summed E-state index contributed by atoms with van der Waals surface area (Å²) in [5.41, 5.74) is 6.53. The molecule has 0 radical (unpaired) electrons. The fourth-order valence-corrected chi connectivity index (χ4v) is 4.14. The number of aryl methyl sites for hydroxylation is 1. The lowest BCUT2D eigenvalue weighted by Gasteiger charge is -2.13. The molecule has 2 aromatic heterocycles. The van der Waals surface area contributed by atoms with Crippen LogP contribution in [0.1, 0.15) is 29.3 Å². The number of nitrogens with zero attached hydrogens (tertiary/aromatic N) is 3. The average Bonchev–Trinajstić information content (AvgIpc) is 3.33. The van der Waals surface area contributed by atoms with Crippen molar-refractivity contribution in [2.75, 3.05) is 0 Å². The highest BCUT2D eigenvalue weighted by molar-refractivity contribution is 6.00. The Balaban J connectivity index is 1.33. The first-order valence-electron chi connectivity index (χ1n) is 11.5. The highest BCUT2D eigenvalue weighted by Crippen LogP contribution is 2.25. The second kappa shape index (κ2) is 9.71. The van der Waals surface area contributed by atoms with Gasteiger partial charge in [-0.25, -0.2) is 9.50 Å². The number of aromatic nitrogens is 3. The van der Waals surface area contributed by atoms with Gasteiger partial charge >= 0.3 is 0 Å². The highest BCUT2D eigenvalue weighted by atomic mass is 16.1. The molecule has 0 spiro atoms. The van der Waals surface area contributed by atoms with E-state index >= 15 is 0 Å². The molecule has 1 amide bonds. The van der Waals surface area contributed by atoms with Crippen LogP contribution in [-0.4, -0.2) is 26.5 Å². The van der Waals surface area contributed by atoms with E-state index in [4.69, 9.17) is 0 Å². The van der Waals surface area contributed by atoms with Crippen LogP contribution < -0.4 is 5.32 Å². The van der Waals surface area contributed by atoms with E-state index in [1.807, 2.05) is 49.4 Å². The van der Waals surface area contributed by atoms with Crippen LogP contribution in [-0.2, 0) is 6.42 Å². The summed E-state index contributed by atoms with van der Waals surface area (Å²) in [5.74, 6) is -0.153. The van der Waals surface area contributed by atoms with E-state index in [2.05, 4.69) is 63.9 Å². The van der Waals surface area contributed by atoms with E-state index in [0.29, 0.717) is 11.2 Å². The Morgan fingerprint density at radius 1 is 0.853 bits per heavy atom. The SMILES string of the molecule is CC(CCc1ccccc1)NC(=O)c1cnn2c(-c3ccc(-c4ccccc4)cc3)ccnc12. The Bertz CT molecular complexity index is 1390. The maximum Gasteiger partial charge on any atom is 0.256 e. The van der Waals surface area contributed by atoms with Gasteiger partial charge in [0.25, 0.3) is 5.91 Å². The van der Waals surface area contributed by atoms with Crippen molar-refractivity contribution in [2.24, 2.45) is 0 Å². The highest BCUT2D eigenvalue weighted by Gasteiger charge is 2.18. The summed E-state index contributed by atoms with van der Waals surface area (Å²) in [6.07, 6.45) is 5.11. The standard InChI is InChI=1S/C29H26N4O/c1-21(12-13-22-8-4-2-5-9-22)32-29(34)26-20-31-33-27(18-19-30-28(26)33)25-16-14-24(15-17-25)23-10-6-3-7-11-23/h2-11,14-21H,12-13H2,1H3,(H,32,34). The van der Waals surface area contributed by atoms with Gasteiger partial charge in [0.15, 0.2) is 5.65 Å². The van der Waals surface area contributed by atoms with Crippen LogP contribution in [0.2, 0.25) is 0 Å². The van der Waals surface area contributed by atoms with Gasteiger partial charge in [-0.05, 0) is 42.5 Å². The van der Waals surface area contributed by atoms with Crippen molar-refractivity contribution in [3.05, 3.63) is 115 Å². The molecule has 0 saturated carbocycles. The van der Waals surface area contributed by atoms with Crippen LogP contribution in [0.25, 0.3) is 28.0 Å². The smallest absolute Gasteiger partial charge is 0.256 e. The number of carbonyl (C=O) groups is 1. The van der Waals surface area contributed by atoms with Crippen molar-refractivity contribution in [1.82, 2.24) is 19.9 Å². The number of carbonyl (C=O) groups excluding carboxylic acids is 1. The Kier molecular flexibility index (Phi) is 6.17. The Morgan fingerprint density at radius 3 is 2.24 bits per heavy atom. The number of hydrogen-bond donors (Lipinski definition) is 1. The van der Waals surface area contributed by atoms with Gasteiger partial charge in [0.2, 0.25) is 0 Å². The minimum Gasteiger partial charge on any atom is -0.349 e. The lowest BCUT2D eigenvalue weighted by molar-refractivity contribution is 0.0940. The maximum absolute atomic E-state index is 13.0. The summed E-state index contributed by atoms with van der Waals surface area (Å²) >= 11 is 0. The summed E-state index contributed by atoms with van der Waals surface area (Å²) < 4.78 is 1.74. The average molecular weight is 447 g/mol. The zero-order chi connectivity index (χ0) is 23.3. The van der Waals surface area contributed by atoms with Crippen molar-refractivity contribution >= 4 is 11.6 Å². The lowest BCUT2D eigenvalue weighted by Crippen LogP contribution is -2.32. The molecule has 168 valence electrons. The first kappa shape index (κ1) is 21.6. The molecular formula is C29H26N4O. The van der Waals surface area contributed by atoms with Gasteiger partial charge in [0.05, 0.1) is 11.9 Å². The molecule has 0 fully saturated rings. The van der Waals surface area contributed by atoms with Gasteiger partial charge in [0.1, 0.15) is 5.56 Å². The monoisotopic (exact) mass is 446 g/mol. The number of amides is 1. The molecule has 1 atom stereocenters. The normalized spacial score (nSPS) is 11.9. The fourth-order valence-electron chi connectivity index (χ4n) is 4.14. The van der Waals surface area contributed by atoms with E-state index in [9.17, 15) is 4.79 Å². The van der Waals surface area contributed by atoms with Crippen LogP contribution in [0.15, 0.2) is 103 Å². The molecule has 0 aliphatic carbocycles. The molecule has 5 nitrogen and oxygen atoms in total. The molecule has 5 heteroatoms. The van der Waals surface area contributed by atoms with Crippen molar-refractivity contribution in [3.8, 4) is 22.4 Å². The topological polar surface area (TPSA) is 59.3 Å². The molecule has 0 aliphatic rings. The summed E-state index contributed by atoms with van der Waals surface area (Å²) in [4.78, 5) is 17.4. The van der Waals surface area contributed by atoms with Gasteiger partial charge in [-0.15, -0.1) is 0 Å². The third kappa shape index (κ3) is 4.59. The third-order valence-corrected chi connectivity index (χ3v) is 6.02. The number of hydrogen-bond acceptors (Lipinski definition) is 3. The van der Waals surface area contributed by atoms with E-state index in [-0.39, 0.29) is 11.9 Å². The van der Waals surface area contributed by atoms with Crippen LogP contribution in [0.5, 0.6) is 0 Å². The largest absolute Gasteiger partial charge is 0.349 e. The van der Waals surface area contributed by atoms with E-state index in [1.165, 1.54) is 11.1 Å². The minimum absolute atomic E-state index is 0.0383. The summed E-state index contributed by atoms with van der Waals surface area (Å²) in [5, 5.41) is 7.59. The Hall–Kier alpha value is -4.25. The molecule has 0 saturated heterocycles. The van der Waals surface area contributed by atoms with Crippen molar-refractivity contribution in [2.45, 2.75) is 25.8 Å². The lowest BCUT2D eigenvalue weighted by atomic mass is 10.0. The van der Waals surface area contributed by atoms with Crippen LogP contribution in [0.3, 0.4) is 0 Å². The Labute approximate surface area is 199 Å². The molecule has 3 aromatic carbocycles. The number of rotatable bonds is 7. The van der Waals surface area contributed by atoms with Crippen molar-refractivity contribution in [3.63, 3.8) is 0 Å². The fraction of sp³-hybridized carbons (Fsp3) is 0.138. The zero-order valence-corrected chi connectivity index (χ0v) is 19.1. The van der Waals surface area contributed by atoms with Gasteiger partial charge < -0.3 is 5.32 Å². The second-order valence-electron chi connectivity index (χ2n) is 8.47. The predicted molar refractivity (Wildman–Crippen MR) is 136 cm³/mol. The molecule has 0 bridgehead atoms. The van der Waals surface area contributed by atoms with Gasteiger partial charge in [-0.2, -0.15) is 5.10 Å². The molecular weight excluding hydrogens is 420 g/mol. The van der Waals surface area contributed by atoms with Crippen molar-refractivity contribution in [1.29, 1.82) is 0 Å². The summed E-state index contributed by atoms with van der Waals surface area (Å²) in [6.45, 7) is 2.03. The number of nitrogens with one attached hydrogen (secondary N) is 1. The first-order valence-corrected chi connectivity index (χ1v) is 11.5. The van der Waals surface area contributed by atoms with E-state index in [0.717, 1.165) is 29.7 Å². The third-order valence-electron chi connectivity index (χ3n) is 6.02. The summed E-state index contributed by atoms with van der Waals surface area (Å²) in [7, 11) is 0. The van der Waals surface area contributed by atoms with Crippen LogP contribution >= 0.6 is 0 Å². The van der Waals surface area contributed by atoms with Crippen LogP contribution in [0.4, 0.5) is 0 Å². The number of benzene rings is 3. The van der Waals surface area contributed by atoms with Gasteiger partial charge in [0, 0.05) is 17.8 Å². The molecule has 34 heavy (non-hydrogen) atoms. The molecule has 5 rings (SSSR count). The quantitative estimate of drug-likeness (QED) is 0.343. The second-order valence-corrected chi connectivity index (χ2v) is 8.47. The number of fused-ring (bicyclic) bond motifs is 1. The molecule has 2 heterocycles. The van der Waals surface area contributed by atoms with E-state index < -0.39 is 0 Å². The molecule has 0 aliphatic heterocycles. The minimum atomic E-state index is -0.153. The maximum atomic E-state index is 13.0. The molecule has 1 N–H and O–H groups in total. The first-order chi connectivity index (χ1) is 16.7. The van der Waals surface area contributed by atoms with Crippen LogP contribution in [0, 0.1) is 0 Å². The molecule has 1 unspecified atom stereocenters. The predicted octanol–water partition coefficient (Wildman–Crippen LogP) is 5.81.